The Morgan fingerprint density at radius 3 is 2.93 bits per heavy atom. The van der Waals surface area contributed by atoms with Crippen LogP contribution in [0.25, 0.3) is 0 Å². The van der Waals surface area contributed by atoms with E-state index in [1.54, 1.807) is 0 Å². The summed E-state index contributed by atoms with van der Waals surface area (Å²) in [6.07, 6.45) is 0.952. The van der Waals surface area contributed by atoms with E-state index in [1.165, 1.54) is 17.7 Å². The van der Waals surface area contributed by atoms with Crippen LogP contribution in [-0.4, -0.2) is 26.3 Å². The van der Waals surface area contributed by atoms with Gasteiger partial charge in [-0.25, -0.2) is 4.39 Å². The van der Waals surface area contributed by atoms with Crippen molar-refractivity contribution < 1.29 is 9.13 Å². The molecule has 0 saturated carbocycles. The maximum atomic E-state index is 12.7. The lowest BCUT2D eigenvalue weighted by atomic mass is 10.0. The number of hydrogen-bond donors (Lipinski definition) is 1. The fourth-order valence-electron chi connectivity index (χ4n) is 1.84. The monoisotopic (exact) mass is 209 g/mol. The molecule has 1 fully saturated rings. The third-order valence-corrected chi connectivity index (χ3v) is 2.65. The molecule has 15 heavy (non-hydrogen) atoms. The molecule has 1 aliphatic rings. The quantitative estimate of drug-likeness (QED) is 0.799. The zero-order valence-corrected chi connectivity index (χ0v) is 8.71. The van der Waals surface area contributed by atoms with Gasteiger partial charge in [-0.1, -0.05) is 12.1 Å². The number of halogens is 1. The van der Waals surface area contributed by atoms with Crippen molar-refractivity contribution in [1.29, 1.82) is 0 Å². The lowest BCUT2D eigenvalue weighted by molar-refractivity contribution is 0.123. The average Bonchev–Trinajstić information content (AvgIpc) is 2.50. The van der Waals surface area contributed by atoms with E-state index in [1.807, 2.05) is 12.1 Å². The van der Waals surface area contributed by atoms with Gasteiger partial charge in [0.05, 0.1) is 13.2 Å². The molecule has 0 radical (unpaired) electrons. The van der Waals surface area contributed by atoms with Crippen LogP contribution >= 0.6 is 0 Å². The normalized spacial score (nSPS) is 22.3. The van der Waals surface area contributed by atoms with E-state index >= 15 is 0 Å². The maximum Gasteiger partial charge on any atom is 0.123 e. The predicted molar refractivity (Wildman–Crippen MR) is 57.3 cm³/mol. The van der Waals surface area contributed by atoms with Gasteiger partial charge in [0.2, 0.25) is 0 Å². The number of nitrogens with one attached hydrogen (secondary N) is 1. The van der Waals surface area contributed by atoms with Gasteiger partial charge in [0.15, 0.2) is 0 Å². The van der Waals surface area contributed by atoms with Crippen molar-refractivity contribution in [3.63, 3.8) is 0 Å². The van der Waals surface area contributed by atoms with Crippen LogP contribution in [0.5, 0.6) is 0 Å². The summed E-state index contributed by atoms with van der Waals surface area (Å²) in [6.45, 7) is 3.50. The number of hydrogen-bond acceptors (Lipinski definition) is 2. The molecule has 0 aromatic heterocycles. The summed E-state index contributed by atoms with van der Waals surface area (Å²) in [7, 11) is 0. The molecule has 1 unspecified atom stereocenters. The molecule has 2 nitrogen and oxygen atoms in total. The van der Waals surface area contributed by atoms with Crippen LogP contribution in [0, 0.1) is 11.7 Å². The van der Waals surface area contributed by atoms with Crippen LogP contribution in [-0.2, 0) is 11.2 Å². The largest absolute Gasteiger partial charge is 0.380 e. The molecular formula is C12H16FNO. The van der Waals surface area contributed by atoms with Gasteiger partial charge in [0.1, 0.15) is 5.82 Å². The Kier molecular flexibility index (Phi) is 3.69. The highest BCUT2D eigenvalue weighted by Crippen LogP contribution is 2.11. The molecule has 1 atom stereocenters. The van der Waals surface area contributed by atoms with Crippen molar-refractivity contribution in [1.82, 2.24) is 5.32 Å². The van der Waals surface area contributed by atoms with Gasteiger partial charge in [-0.2, -0.15) is 0 Å². The fraction of sp³-hybridized carbons (Fsp3) is 0.500. The third kappa shape index (κ3) is 3.29. The lowest BCUT2D eigenvalue weighted by Gasteiger charge is -2.13. The van der Waals surface area contributed by atoms with E-state index in [2.05, 4.69) is 5.32 Å². The second-order valence-corrected chi connectivity index (χ2v) is 3.98. The van der Waals surface area contributed by atoms with Crippen molar-refractivity contribution in [2.45, 2.75) is 6.42 Å². The van der Waals surface area contributed by atoms with Gasteiger partial charge in [0.25, 0.3) is 0 Å². The second kappa shape index (κ2) is 5.24. The van der Waals surface area contributed by atoms with E-state index in [4.69, 9.17) is 4.74 Å². The molecule has 1 saturated heterocycles. The Morgan fingerprint density at radius 2 is 2.13 bits per heavy atom. The first-order chi connectivity index (χ1) is 7.34. The van der Waals surface area contributed by atoms with E-state index in [9.17, 15) is 4.39 Å². The molecule has 1 heterocycles. The van der Waals surface area contributed by atoms with Gasteiger partial charge in [-0.15, -0.1) is 0 Å². The van der Waals surface area contributed by atoms with Crippen LogP contribution in [0.4, 0.5) is 4.39 Å². The van der Waals surface area contributed by atoms with E-state index in [0.717, 1.165) is 32.7 Å². The molecule has 1 aromatic rings. The molecule has 0 spiro atoms. The SMILES string of the molecule is Fc1ccc(CC2CNCCOC2)cc1. The summed E-state index contributed by atoms with van der Waals surface area (Å²) in [4.78, 5) is 0. The predicted octanol–water partition coefficient (Wildman–Crippen LogP) is 1.60. The molecule has 0 aliphatic carbocycles. The molecular weight excluding hydrogens is 193 g/mol. The summed E-state index contributed by atoms with van der Waals surface area (Å²) >= 11 is 0. The van der Waals surface area contributed by atoms with Gasteiger partial charge in [-0.3, -0.25) is 0 Å². The minimum absolute atomic E-state index is 0.172. The molecule has 2 rings (SSSR count). The third-order valence-electron chi connectivity index (χ3n) is 2.65. The van der Waals surface area contributed by atoms with Crippen molar-refractivity contribution in [2.24, 2.45) is 5.92 Å². The highest BCUT2D eigenvalue weighted by Gasteiger charge is 2.12. The number of benzene rings is 1. The first-order valence-corrected chi connectivity index (χ1v) is 5.37. The fourth-order valence-corrected chi connectivity index (χ4v) is 1.84. The smallest absolute Gasteiger partial charge is 0.123 e. The average molecular weight is 209 g/mol. The summed E-state index contributed by atoms with van der Waals surface area (Å²) < 4.78 is 18.2. The second-order valence-electron chi connectivity index (χ2n) is 3.98. The maximum absolute atomic E-state index is 12.7. The number of rotatable bonds is 2. The first-order valence-electron chi connectivity index (χ1n) is 5.37. The van der Waals surface area contributed by atoms with Gasteiger partial charge in [0, 0.05) is 13.1 Å². The molecule has 3 heteroatoms. The van der Waals surface area contributed by atoms with E-state index in [-0.39, 0.29) is 5.82 Å². The topological polar surface area (TPSA) is 21.3 Å². The lowest BCUT2D eigenvalue weighted by Crippen LogP contribution is -2.24. The Hall–Kier alpha value is -0.930. The van der Waals surface area contributed by atoms with Crippen LogP contribution < -0.4 is 5.32 Å². The first kappa shape index (κ1) is 10.6. The van der Waals surface area contributed by atoms with E-state index < -0.39 is 0 Å². The Balaban J connectivity index is 1.92. The van der Waals surface area contributed by atoms with Crippen LogP contribution in [0.3, 0.4) is 0 Å². The summed E-state index contributed by atoms with van der Waals surface area (Å²) in [5, 5.41) is 3.33. The Morgan fingerprint density at radius 1 is 1.33 bits per heavy atom. The van der Waals surface area contributed by atoms with Crippen molar-refractivity contribution in [3.05, 3.63) is 35.6 Å². The standard InChI is InChI=1S/C12H16FNO/c13-12-3-1-10(2-4-12)7-11-8-14-5-6-15-9-11/h1-4,11,14H,5-9H2. The zero-order chi connectivity index (χ0) is 10.5. The molecule has 1 aliphatic heterocycles. The highest BCUT2D eigenvalue weighted by atomic mass is 19.1. The minimum Gasteiger partial charge on any atom is -0.380 e. The van der Waals surface area contributed by atoms with Crippen molar-refractivity contribution in [2.75, 3.05) is 26.3 Å². The number of ether oxygens (including phenoxy) is 1. The molecule has 82 valence electrons. The van der Waals surface area contributed by atoms with Crippen molar-refractivity contribution in [3.8, 4) is 0 Å². The summed E-state index contributed by atoms with van der Waals surface area (Å²) in [6, 6.07) is 6.72. The van der Waals surface area contributed by atoms with Crippen LogP contribution in [0.1, 0.15) is 5.56 Å². The summed E-state index contributed by atoms with van der Waals surface area (Å²) in [5.74, 6) is 0.326. The molecule has 0 amide bonds. The zero-order valence-electron chi connectivity index (χ0n) is 8.71. The Bertz CT molecular complexity index is 291. The van der Waals surface area contributed by atoms with E-state index in [0.29, 0.717) is 5.92 Å². The van der Waals surface area contributed by atoms with Crippen LogP contribution in [0.15, 0.2) is 24.3 Å². The molecule has 0 bridgehead atoms. The summed E-state index contributed by atoms with van der Waals surface area (Å²) in [5.41, 5.74) is 1.17. The van der Waals surface area contributed by atoms with Crippen LogP contribution in [0.2, 0.25) is 0 Å². The molecule has 1 N–H and O–H groups in total. The highest BCUT2D eigenvalue weighted by molar-refractivity contribution is 5.16. The van der Waals surface area contributed by atoms with Gasteiger partial charge >= 0.3 is 0 Å². The van der Waals surface area contributed by atoms with Gasteiger partial charge in [-0.05, 0) is 30.0 Å². The minimum atomic E-state index is -0.172. The molecule has 1 aromatic carbocycles. The van der Waals surface area contributed by atoms with Crippen molar-refractivity contribution >= 4 is 0 Å². The van der Waals surface area contributed by atoms with Gasteiger partial charge < -0.3 is 10.1 Å². The Labute approximate surface area is 89.4 Å².